The molecule has 1 aliphatic heterocycles. The van der Waals surface area contributed by atoms with Crippen molar-refractivity contribution in [2.24, 2.45) is 17.8 Å². The first kappa shape index (κ1) is 22.8. The van der Waals surface area contributed by atoms with Gasteiger partial charge in [0, 0.05) is 15.7 Å². The fourth-order valence-corrected chi connectivity index (χ4v) is 5.39. The Balaban J connectivity index is 1.74. The first-order chi connectivity index (χ1) is 15.3. The highest BCUT2D eigenvalue weighted by Crippen LogP contribution is 2.42. The molecule has 0 spiro atoms. The second-order valence-electron chi connectivity index (χ2n) is 9.25. The minimum Gasteiger partial charge on any atom is -0.496 e. The van der Waals surface area contributed by atoms with Crippen LogP contribution in [0.1, 0.15) is 58.6 Å². The monoisotopic (exact) mass is 502 g/mol. The van der Waals surface area contributed by atoms with Crippen molar-refractivity contribution in [3.63, 3.8) is 0 Å². The number of ether oxygens (including phenoxy) is 2. The predicted molar refractivity (Wildman–Crippen MR) is 126 cm³/mol. The Hall–Kier alpha value is -2.35. The SMILES string of the molecule is COc1ccc(Br)cc1[C@@H]1C(C(=O)O[C@@H]2C[C@H](C)CC[C@@H]2C(C)C)=C(C)Nc2ncnn21. The molecule has 0 amide bonds. The molecule has 4 rings (SSSR count). The third kappa shape index (κ3) is 4.29. The quantitative estimate of drug-likeness (QED) is 0.555. The number of aromatic nitrogens is 3. The van der Waals surface area contributed by atoms with Gasteiger partial charge < -0.3 is 14.8 Å². The molecule has 0 saturated heterocycles. The lowest BCUT2D eigenvalue weighted by Gasteiger charge is -2.37. The van der Waals surface area contributed by atoms with Gasteiger partial charge in [-0.3, -0.25) is 0 Å². The lowest BCUT2D eigenvalue weighted by molar-refractivity contribution is -0.151. The molecule has 4 atom stereocenters. The lowest BCUT2D eigenvalue weighted by Crippen LogP contribution is -2.38. The fraction of sp³-hybridized carbons (Fsp3) is 0.542. The van der Waals surface area contributed by atoms with E-state index in [1.807, 2.05) is 25.1 Å². The molecule has 2 heterocycles. The molecular formula is C24H31BrN4O3. The highest BCUT2D eigenvalue weighted by Gasteiger charge is 2.39. The van der Waals surface area contributed by atoms with Gasteiger partial charge in [-0.15, -0.1) is 0 Å². The molecule has 1 aromatic carbocycles. The van der Waals surface area contributed by atoms with Gasteiger partial charge in [0.05, 0.1) is 12.7 Å². The van der Waals surface area contributed by atoms with Crippen LogP contribution >= 0.6 is 15.9 Å². The van der Waals surface area contributed by atoms with Crippen molar-refractivity contribution in [3.8, 4) is 5.75 Å². The number of benzene rings is 1. The van der Waals surface area contributed by atoms with E-state index in [2.05, 4.69) is 52.1 Å². The van der Waals surface area contributed by atoms with Crippen LogP contribution in [0.25, 0.3) is 0 Å². The number of carbonyl (C=O) groups excluding carboxylic acids is 1. The molecule has 0 bridgehead atoms. The minimum absolute atomic E-state index is 0.0891. The number of anilines is 1. The van der Waals surface area contributed by atoms with Gasteiger partial charge in [0.2, 0.25) is 5.95 Å². The summed E-state index contributed by atoms with van der Waals surface area (Å²) in [5.74, 6) is 2.32. The van der Waals surface area contributed by atoms with Crippen LogP contribution in [0.4, 0.5) is 5.95 Å². The largest absolute Gasteiger partial charge is 0.496 e. The highest BCUT2D eigenvalue weighted by atomic mass is 79.9. The summed E-state index contributed by atoms with van der Waals surface area (Å²) in [6, 6.07) is 5.25. The van der Waals surface area contributed by atoms with E-state index in [-0.39, 0.29) is 12.1 Å². The van der Waals surface area contributed by atoms with Gasteiger partial charge in [-0.1, -0.05) is 43.1 Å². The molecule has 1 aliphatic carbocycles. The Labute approximate surface area is 197 Å². The summed E-state index contributed by atoms with van der Waals surface area (Å²) in [5.41, 5.74) is 2.06. The molecule has 1 aromatic heterocycles. The Bertz CT molecular complexity index is 1030. The molecule has 0 unspecified atom stereocenters. The maximum Gasteiger partial charge on any atom is 0.338 e. The predicted octanol–water partition coefficient (Wildman–Crippen LogP) is 5.34. The standard InChI is InChI=1S/C24H31BrN4O3/c1-13(2)17-8-6-14(3)10-20(17)32-23(30)21-15(4)28-24-26-12-27-29(24)22(21)18-11-16(25)7-9-19(18)31-5/h7,9,11-14,17,20,22H,6,8,10H2,1-5H3,(H,26,27,28)/t14-,17-,20-,22-/m1/s1. The summed E-state index contributed by atoms with van der Waals surface area (Å²) in [4.78, 5) is 18.0. The van der Waals surface area contributed by atoms with Crippen molar-refractivity contribution in [1.82, 2.24) is 14.8 Å². The molecule has 1 fully saturated rings. The van der Waals surface area contributed by atoms with Crippen molar-refractivity contribution < 1.29 is 14.3 Å². The Kier molecular flexibility index (Phi) is 6.60. The van der Waals surface area contributed by atoms with Crippen LogP contribution in [0.3, 0.4) is 0 Å². The van der Waals surface area contributed by atoms with Crippen LogP contribution in [0.5, 0.6) is 5.75 Å². The maximum absolute atomic E-state index is 13.7. The summed E-state index contributed by atoms with van der Waals surface area (Å²) in [6.45, 7) is 8.55. The maximum atomic E-state index is 13.7. The number of carbonyl (C=O) groups is 1. The van der Waals surface area contributed by atoms with Gasteiger partial charge in [-0.25, -0.2) is 9.48 Å². The first-order valence-corrected chi connectivity index (χ1v) is 12.0. The Morgan fingerprint density at radius 1 is 1.31 bits per heavy atom. The van der Waals surface area contributed by atoms with E-state index in [1.54, 1.807) is 11.8 Å². The lowest BCUT2D eigenvalue weighted by atomic mass is 9.75. The van der Waals surface area contributed by atoms with Crippen LogP contribution in [0, 0.1) is 17.8 Å². The number of nitrogens with zero attached hydrogens (tertiary/aromatic N) is 3. The van der Waals surface area contributed by atoms with Gasteiger partial charge in [0.1, 0.15) is 24.2 Å². The third-order valence-corrected chi connectivity index (χ3v) is 7.21. The normalized spacial score (nSPS) is 25.3. The van der Waals surface area contributed by atoms with E-state index in [9.17, 15) is 4.79 Å². The first-order valence-electron chi connectivity index (χ1n) is 11.2. The number of allylic oxidation sites excluding steroid dienone is 1. The molecule has 2 aromatic rings. The van der Waals surface area contributed by atoms with Crippen LogP contribution < -0.4 is 10.1 Å². The van der Waals surface area contributed by atoms with E-state index in [0.717, 1.165) is 22.9 Å². The summed E-state index contributed by atoms with van der Waals surface area (Å²) in [7, 11) is 1.63. The van der Waals surface area contributed by atoms with E-state index < -0.39 is 6.04 Å². The van der Waals surface area contributed by atoms with E-state index in [4.69, 9.17) is 9.47 Å². The van der Waals surface area contributed by atoms with Gasteiger partial charge >= 0.3 is 5.97 Å². The fourth-order valence-electron chi connectivity index (χ4n) is 5.01. The summed E-state index contributed by atoms with van der Waals surface area (Å²) in [6.07, 6.45) is 4.56. The average Bonchev–Trinajstić information content (AvgIpc) is 3.20. The number of hydrogen-bond acceptors (Lipinski definition) is 6. The molecule has 0 radical (unpaired) electrons. The zero-order valence-corrected chi connectivity index (χ0v) is 20.8. The zero-order valence-electron chi connectivity index (χ0n) is 19.3. The molecule has 32 heavy (non-hydrogen) atoms. The number of nitrogens with one attached hydrogen (secondary N) is 1. The molecule has 7 nitrogen and oxygen atoms in total. The molecule has 1 N–H and O–H groups in total. The van der Waals surface area contributed by atoms with Crippen LogP contribution in [-0.4, -0.2) is 33.9 Å². The molecule has 172 valence electrons. The van der Waals surface area contributed by atoms with Crippen molar-refractivity contribution >= 4 is 27.8 Å². The smallest absolute Gasteiger partial charge is 0.338 e. The molecule has 2 aliphatic rings. The highest BCUT2D eigenvalue weighted by molar-refractivity contribution is 9.10. The van der Waals surface area contributed by atoms with Gasteiger partial charge in [-0.2, -0.15) is 10.1 Å². The second-order valence-corrected chi connectivity index (χ2v) is 10.2. The zero-order chi connectivity index (χ0) is 23.0. The second kappa shape index (κ2) is 9.25. The van der Waals surface area contributed by atoms with Gasteiger partial charge in [0.15, 0.2) is 0 Å². The van der Waals surface area contributed by atoms with E-state index >= 15 is 0 Å². The number of hydrogen-bond donors (Lipinski definition) is 1. The van der Waals surface area contributed by atoms with E-state index in [0.29, 0.717) is 40.7 Å². The number of fused-ring (bicyclic) bond motifs is 1. The van der Waals surface area contributed by atoms with E-state index in [1.165, 1.54) is 12.7 Å². The van der Waals surface area contributed by atoms with Crippen molar-refractivity contribution in [2.75, 3.05) is 12.4 Å². The number of halogens is 1. The summed E-state index contributed by atoms with van der Waals surface area (Å²) >= 11 is 3.56. The number of methoxy groups -OCH3 is 1. The molecule has 8 heteroatoms. The van der Waals surface area contributed by atoms with Crippen LogP contribution in [-0.2, 0) is 9.53 Å². The molecule has 1 saturated carbocycles. The summed E-state index contributed by atoms with van der Waals surface area (Å²) in [5, 5.41) is 7.64. The number of esters is 1. The van der Waals surface area contributed by atoms with Crippen molar-refractivity contribution in [3.05, 3.63) is 45.8 Å². The van der Waals surface area contributed by atoms with Crippen LogP contribution in [0.2, 0.25) is 0 Å². The van der Waals surface area contributed by atoms with Crippen LogP contribution in [0.15, 0.2) is 40.3 Å². The van der Waals surface area contributed by atoms with Gasteiger partial charge in [0.25, 0.3) is 0 Å². The Morgan fingerprint density at radius 2 is 2.09 bits per heavy atom. The van der Waals surface area contributed by atoms with Crippen molar-refractivity contribution in [2.45, 2.75) is 59.1 Å². The van der Waals surface area contributed by atoms with Crippen molar-refractivity contribution in [1.29, 1.82) is 0 Å². The van der Waals surface area contributed by atoms with Gasteiger partial charge in [-0.05, 0) is 55.7 Å². The topological polar surface area (TPSA) is 78.3 Å². The summed E-state index contributed by atoms with van der Waals surface area (Å²) < 4.78 is 14.5. The third-order valence-electron chi connectivity index (χ3n) is 6.72. The average molecular weight is 503 g/mol. The minimum atomic E-state index is -0.507. The number of rotatable bonds is 5. The molecular weight excluding hydrogens is 472 g/mol. The Morgan fingerprint density at radius 3 is 2.81 bits per heavy atom.